The quantitative estimate of drug-likeness (QED) is 0.705. The molecule has 0 N–H and O–H groups in total. The highest BCUT2D eigenvalue weighted by atomic mass is 16.1. The van der Waals surface area contributed by atoms with Crippen LogP contribution in [0.4, 0.5) is 0 Å². The Hall–Kier alpha value is -2.25. The van der Waals surface area contributed by atoms with Gasteiger partial charge in [-0.1, -0.05) is 12.1 Å². The van der Waals surface area contributed by atoms with Gasteiger partial charge in [0.1, 0.15) is 0 Å². The first kappa shape index (κ1) is 16.9. The fourth-order valence-electron chi connectivity index (χ4n) is 4.77. The fraction of sp³-hybridized carbons (Fsp3) is 0.550. The predicted octanol–water partition coefficient (Wildman–Crippen LogP) is 1.64. The van der Waals surface area contributed by atoms with Crippen molar-refractivity contribution < 1.29 is 0 Å². The van der Waals surface area contributed by atoms with Crippen molar-refractivity contribution in [1.82, 2.24) is 29.0 Å². The normalized spacial score (nSPS) is 22.2. The van der Waals surface area contributed by atoms with Crippen LogP contribution in [0.3, 0.4) is 0 Å². The summed E-state index contributed by atoms with van der Waals surface area (Å²) in [6.45, 7) is 5.47. The molecule has 7 heteroatoms. The minimum absolute atomic E-state index is 0.0240. The zero-order chi connectivity index (χ0) is 18.4. The van der Waals surface area contributed by atoms with E-state index in [0.717, 1.165) is 31.0 Å². The van der Waals surface area contributed by atoms with Crippen molar-refractivity contribution in [2.24, 2.45) is 7.05 Å². The number of likely N-dealkylation sites (tertiary alicyclic amines) is 2. The fourth-order valence-corrected chi connectivity index (χ4v) is 4.77. The van der Waals surface area contributed by atoms with Crippen LogP contribution in [0.1, 0.15) is 31.5 Å². The van der Waals surface area contributed by atoms with Crippen molar-refractivity contribution in [3.05, 3.63) is 40.4 Å². The van der Waals surface area contributed by atoms with E-state index in [1.54, 1.807) is 11.6 Å². The number of fused-ring (bicyclic) bond motifs is 3. The molecule has 0 bridgehead atoms. The lowest BCUT2D eigenvalue weighted by Gasteiger charge is -2.37. The molecule has 2 fully saturated rings. The molecule has 1 atom stereocenters. The molecule has 5 rings (SSSR count). The third-order valence-corrected chi connectivity index (χ3v) is 6.20. The average molecular weight is 366 g/mol. The van der Waals surface area contributed by atoms with E-state index in [0.29, 0.717) is 17.2 Å². The Balaban J connectivity index is 1.49. The van der Waals surface area contributed by atoms with Gasteiger partial charge in [0.05, 0.1) is 17.4 Å². The third-order valence-electron chi connectivity index (χ3n) is 6.20. The molecule has 7 nitrogen and oxygen atoms in total. The van der Waals surface area contributed by atoms with Gasteiger partial charge >= 0.3 is 0 Å². The van der Waals surface area contributed by atoms with E-state index in [4.69, 9.17) is 0 Å². The van der Waals surface area contributed by atoms with E-state index in [1.807, 2.05) is 24.3 Å². The number of hydrogen-bond donors (Lipinski definition) is 0. The van der Waals surface area contributed by atoms with Crippen molar-refractivity contribution in [1.29, 1.82) is 0 Å². The maximum atomic E-state index is 12.6. The van der Waals surface area contributed by atoms with Crippen LogP contribution in [0.2, 0.25) is 0 Å². The minimum atomic E-state index is -0.0240. The Labute approximate surface area is 158 Å². The van der Waals surface area contributed by atoms with Crippen molar-refractivity contribution in [3.63, 3.8) is 0 Å². The number of benzene rings is 1. The first-order valence-corrected chi connectivity index (χ1v) is 10.0. The van der Waals surface area contributed by atoms with Crippen molar-refractivity contribution in [2.75, 3.05) is 26.2 Å². The van der Waals surface area contributed by atoms with E-state index < -0.39 is 0 Å². The summed E-state index contributed by atoms with van der Waals surface area (Å²) in [6.07, 6.45) is 5.21. The lowest BCUT2D eigenvalue weighted by atomic mass is 10.0. The lowest BCUT2D eigenvalue weighted by molar-refractivity contribution is 0.108. The molecule has 0 amide bonds. The van der Waals surface area contributed by atoms with E-state index in [-0.39, 0.29) is 5.56 Å². The molecule has 1 unspecified atom stereocenters. The summed E-state index contributed by atoms with van der Waals surface area (Å²) in [5.74, 6) is 1.53. The predicted molar refractivity (Wildman–Crippen MR) is 105 cm³/mol. The van der Waals surface area contributed by atoms with Gasteiger partial charge in [0.15, 0.2) is 5.82 Å². The molecule has 3 aromatic rings. The van der Waals surface area contributed by atoms with Crippen LogP contribution in [-0.4, -0.2) is 61.2 Å². The highest BCUT2D eigenvalue weighted by molar-refractivity contribution is 5.80. The molecule has 2 aliphatic heterocycles. The second kappa shape index (κ2) is 6.73. The van der Waals surface area contributed by atoms with Crippen LogP contribution in [-0.2, 0) is 13.6 Å². The monoisotopic (exact) mass is 366 g/mol. The number of nitrogens with zero attached hydrogens (tertiary/aromatic N) is 6. The van der Waals surface area contributed by atoms with Gasteiger partial charge in [0, 0.05) is 19.6 Å². The Kier molecular flexibility index (Phi) is 4.21. The molecule has 0 aliphatic carbocycles. The van der Waals surface area contributed by atoms with Gasteiger partial charge in [-0.3, -0.25) is 23.6 Å². The molecule has 142 valence electrons. The topological polar surface area (TPSA) is 58.7 Å². The van der Waals surface area contributed by atoms with Gasteiger partial charge in [-0.15, -0.1) is 10.2 Å². The van der Waals surface area contributed by atoms with Gasteiger partial charge in [-0.25, -0.2) is 0 Å². The summed E-state index contributed by atoms with van der Waals surface area (Å²) in [4.78, 5) is 17.8. The maximum Gasteiger partial charge on any atom is 0.262 e. The first-order chi connectivity index (χ1) is 13.2. The van der Waals surface area contributed by atoms with Gasteiger partial charge in [0.2, 0.25) is 5.78 Å². The molecule has 2 aliphatic rings. The molecule has 0 spiro atoms. The molecule has 0 radical (unpaired) electrons. The molecular formula is C20H26N6O. The lowest BCUT2D eigenvalue weighted by Crippen LogP contribution is -2.46. The van der Waals surface area contributed by atoms with E-state index in [9.17, 15) is 4.79 Å². The van der Waals surface area contributed by atoms with Gasteiger partial charge in [0.25, 0.3) is 5.56 Å². The number of para-hydroxylation sites is 1. The number of aryl methyl sites for hydroxylation is 1. The van der Waals surface area contributed by atoms with Crippen LogP contribution in [0.5, 0.6) is 0 Å². The zero-order valence-electron chi connectivity index (χ0n) is 15.8. The number of piperidine rings is 1. The van der Waals surface area contributed by atoms with Crippen molar-refractivity contribution in [3.8, 4) is 0 Å². The highest BCUT2D eigenvalue weighted by Gasteiger charge is 2.28. The number of rotatable bonds is 3. The average Bonchev–Trinajstić information content (AvgIpc) is 3.37. The van der Waals surface area contributed by atoms with Gasteiger partial charge < -0.3 is 0 Å². The maximum absolute atomic E-state index is 12.6. The molecule has 1 aromatic carbocycles. The second-order valence-corrected chi connectivity index (χ2v) is 7.91. The molecule has 2 saturated heterocycles. The summed E-state index contributed by atoms with van der Waals surface area (Å²) < 4.78 is 3.65. The number of hydrogen-bond acceptors (Lipinski definition) is 5. The van der Waals surface area contributed by atoms with Gasteiger partial charge in [-0.2, -0.15) is 0 Å². The standard InChI is InChI=1S/C20H26N6O/c1-23-19(27)16-8-2-3-9-17(16)26-18(21-22-20(23)26)14-24-10-6-7-15(13-24)25-11-4-5-12-25/h2-3,8-9,15H,4-7,10-14H2,1H3. The van der Waals surface area contributed by atoms with Crippen LogP contribution < -0.4 is 5.56 Å². The summed E-state index contributed by atoms with van der Waals surface area (Å²) in [5.41, 5.74) is 0.868. The SMILES string of the molecule is Cn1c(=O)c2ccccc2n2c(CN3CCCC(N4CCCC4)C3)nnc12. The van der Waals surface area contributed by atoms with Crippen LogP contribution >= 0.6 is 0 Å². The smallest absolute Gasteiger partial charge is 0.262 e. The Bertz CT molecular complexity index is 1030. The van der Waals surface area contributed by atoms with Crippen LogP contribution in [0.15, 0.2) is 29.1 Å². The molecule has 27 heavy (non-hydrogen) atoms. The minimum Gasteiger partial charge on any atom is -0.299 e. The Morgan fingerprint density at radius 1 is 1.07 bits per heavy atom. The summed E-state index contributed by atoms with van der Waals surface area (Å²) >= 11 is 0. The third kappa shape index (κ3) is 2.85. The first-order valence-electron chi connectivity index (χ1n) is 10.0. The van der Waals surface area contributed by atoms with Crippen LogP contribution in [0.25, 0.3) is 16.7 Å². The van der Waals surface area contributed by atoms with E-state index in [1.165, 1.54) is 38.8 Å². The Morgan fingerprint density at radius 2 is 1.89 bits per heavy atom. The van der Waals surface area contributed by atoms with Crippen LogP contribution in [0, 0.1) is 0 Å². The summed E-state index contributed by atoms with van der Waals surface area (Å²) in [6, 6.07) is 8.41. The summed E-state index contributed by atoms with van der Waals surface area (Å²) in [5, 5.41) is 9.50. The van der Waals surface area contributed by atoms with E-state index in [2.05, 4.69) is 24.4 Å². The second-order valence-electron chi connectivity index (χ2n) is 7.91. The molecular weight excluding hydrogens is 340 g/mol. The molecule has 2 aromatic heterocycles. The van der Waals surface area contributed by atoms with E-state index >= 15 is 0 Å². The largest absolute Gasteiger partial charge is 0.299 e. The van der Waals surface area contributed by atoms with Crippen molar-refractivity contribution >= 4 is 16.7 Å². The highest BCUT2D eigenvalue weighted by Crippen LogP contribution is 2.22. The zero-order valence-corrected chi connectivity index (χ0v) is 15.8. The Morgan fingerprint density at radius 3 is 2.74 bits per heavy atom. The molecule has 0 saturated carbocycles. The summed E-state index contributed by atoms with van der Waals surface area (Å²) in [7, 11) is 1.77. The molecule has 4 heterocycles. The number of aromatic nitrogens is 4. The van der Waals surface area contributed by atoms with Gasteiger partial charge in [-0.05, 0) is 57.5 Å². The van der Waals surface area contributed by atoms with Crippen molar-refractivity contribution in [2.45, 2.75) is 38.3 Å².